The lowest BCUT2D eigenvalue weighted by Crippen LogP contribution is -2.22. The molecule has 0 atom stereocenters. The second-order valence-corrected chi connectivity index (χ2v) is 10.5. The Bertz CT molecular complexity index is 119. The molecule has 10 heavy (non-hydrogen) atoms. The van der Waals surface area contributed by atoms with E-state index < -0.39 is 6.69 Å². The predicted octanol–water partition coefficient (Wildman–Crippen LogP) is 2.67. The fourth-order valence-corrected chi connectivity index (χ4v) is 1.33. The molecule has 0 saturated heterocycles. The van der Waals surface area contributed by atoms with Crippen LogP contribution in [-0.4, -0.2) is 19.5 Å². The van der Waals surface area contributed by atoms with Crippen LogP contribution in [0.3, 0.4) is 0 Å². The standard InChI is InChI=1S/C6H12Cl2OSi/c1-6(2)4-9-5-10(3,7)8/h1,4-5H2,2-3H3. The molecule has 0 amide bonds. The van der Waals surface area contributed by atoms with Crippen molar-refractivity contribution in [1.29, 1.82) is 0 Å². The zero-order valence-corrected chi connectivity index (χ0v) is 8.80. The molecule has 0 unspecified atom stereocenters. The zero-order valence-electron chi connectivity index (χ0n) is 6.29. The van der Waals surface area contributed by atoms with Crippen LogP contribution in [0.2, 0.25) is 6.55 Å². The van der Waals surface area contributed by atoms with E-state index in [0.717, 1.165) is 5.57 Å². The number of rotatable bonds is 4. The highest BCUT2D eigenvalue weighted by molar-refractivity contribution is 7.44. The van der Waals surface area contributed by atoms with Crippen LogP contribution in [0.1, 0.15) is 6.92 Å². The van der Waals surface area contributed by atoms with E-state index in [4.69, 9.17) is 26.9 Å². The van der Waals surface area contributed by atoms with Crippen LogP contribution >= 0.6 is 22.2 Å². The molecule has 0 radical (unpaired) electrons. The quantitative estimate of drug-likeness (QED) is 0.384. The third-order valence-corrected chi connectivity index (χ3v) is 2.07. The highest BCUT2D eigenvalue weighted by atomic mass is 35.7. The van der Waals surface area contributed by atoms with Crippen LogP contribution in [0.25, 0.3) is 0 Å². The molecule has 0 aromatic carbocycles. The Morgan fingerprint density at radius 1 is 1.60 bits per heavy atom. The minimum atomic E-state index is -2.04. The van der Waals surface area contributed by atoms with Crippen molar-refractivity contribution in [1.82, 2.24) is 0 Å². The molecule has 0 aromatic rings. The van der Waals surface area contributed by atoms with E-state index in [2.05, 4.69) is 6.58 Å². The van der Waals surface area contributed by atoms with Gasteiger partial charge >= 0.3 is 0 Å². The Morgan fingerprint density at radius 3 is 2.40 bits per heavy atom. The highest BCUT2D eigenvalue weighted by Crippen LogP contribution is 2.13. The minimum absolute atomic E-state index is 0.475. The second kappa shape index (κ2) is 4.39. The highest BCUT2D eigenvalue weighted by Gasteiger charge is 2.20. The van der Waals surface area contributed by atoms with Crippen molar-refractivity contribution >= 4 is 28.9 Å². The zero-order chi connectivity index (χ0) is 8.20. The van der Waals surface area contributed by atoms with E-state index in [1.54, 1.807) is 0 Å². The number of ether oxygens (including phenoxy) is 1. The molecule has 0 spiro atoms. The summed E-state index contributed by atoms with van der Waals surface area (Å²) in [5, 5.41) is 0. The lowest BCUT2D eigenvalue weighted by molar-refractivity contribution is 0.201. The maximum atomic E-state index is 5.77. The van der Waals surface area contributed by atoms with Gasteiger partial charge in [-0.1, -0.05) is 12.2 Å². The van der Waals surface area contributed by atoms with Gasteiger partial charge in [0.05, 0.1) is 12.8 Å². The number of hydrogen-bond donors (Lipinski definition) is 0. The summed E-state index contributed by atoms with van der Waals surface area (Å²) >= 11 is 11.5. The van der Waals surface area contributed by atoms with Gasteiger partial charge in [-0.15, -0.1) is 22.2 Å². The summed E-state index contributed by atoms with van der Waals surface area (Å²) in [5.41, 5.74) is 0.992. The monoisotopic (exact) mass is 198 g/mol. The molecule has 0 N–H and O–H groups in total. The smallest absolute Gasteiger partial charge is 0.273 e. The Kier molecular flexibility index (Phi) is 4.61. The summed E-state index contributed by atoms with van der Waals surface area (Å²) in [5.74, 6) is 0. The van der Waals surface area contributed by atoms with Gasteiger partial charge in [0.25, 0.3) is 6.69 Å². The van der Waals surface area contributed by atoms with Gasteiger partial charge < -0.3 is 4.74 Å². The van der Waals surface area contributed by atoms with Crippen molar-refractivity contribution in [3.63, 3.8) is 0 Å². The van der Waals surface area contributed by atoms with Crippen LogP contribution in [0, 0.1) is 0 Å². The van der Waals surface area contributed by atoms with Crippen molar-refractivity contribution in [2.24, 2.45) is 0 Å². The molecule has 4 heteroatoms. The first kappa shape index (κ1) is 10.5. The van der Waals surface area contributed by atoms with Crippen LogP contribution in [0.4, 0.5) is 0 Å². The van der Waals surface area contributed by atoms with Gasteiger partial charge in [0.2, 0.25) is 0 Å². The third kappa shape index (κ3) is 8.50. The second-order valence-electron chi connectivity index (χ2n) is 2.52. The SMILES string of the molecule is C=C(C)COC[Si](C)(Cl)Cl. The molecule has 0 heterocycles. The molecular formula is C6H12Cl2OSi. The fourth-order valence-electron chi connectivity index (χ4n) is 0.404. The van der Waals surface area contributed by atoms with Crippen LogP contribution in [0.15, 0.2) is 12.2 Å². The number of halogens is 2. The van der Waals surface area contributed by atoms with Crippen LogP contribution < -0.4 is 0 Å². The fraction of sp³-hybridized carbons (Fsp3) is 0.667. The van der Waals surface area contributed by atoms with Crippen molar-refractivity contribution < 1.29 is 4.74 Å². The Morgan fingerprint density at radius 2 is 2.10 bits per heavy atom. The first-order chi connectivity index (χ1) is 4.42. The molecule has 0 saturated carbocycles. The Labute approximate surface area is 72.4 Å². The summed E-state index contributed by atoms with van der Waals surface area (Å²) in [4.78, 5) is 0. The van der Waals surface area contributed by atoms with Crippen molar-refractivity contribution in [2.75, 3.05) is 12.8 Å². The largest absolute Gasteiger partial charge is 0.378 e. The van der Waals surface area contributed by atoms with Gasteiger partial charge in [-0.05, 0) is 13.5 Å². The summed E-state index contributed by atoms with van der Waals surface area (Å²) in [6.07, 6.45) is 0.475. The van der Waals surface area contributed by atoms with Crippen molar-refractivity contribution in [2.45, 2.75) is 13.5 Å². The van der Waals surface area contributed by atoms with Gasteiger partial charge in [0.1, 0.15) is 0 Å². The van der Waals surface area contributed by atoms with E-state index in [1.807, 2.05) is 13.5 Å². The predicted molar refractivity (Wildman–Crippen MR) is 49.0 cm³/mol. The average molecular weight is 199 g/mol. The van der Waals surface area contributed by atoms with Crippen molar-refractivity contribution in [3.05, 3.63) is 12.2 Å². The molecule has 0 aliphatic rings. The lowest BCUT2D eigenvalue weighted by atomic mass is 10.4. The Hall–Kier alpha value is 0.497. The van der Waals surface area contributed by atoms with Crippen LogP contribution in [-0.2, 0) is 4.74 Å². The van der Waals surface area contributed by atoms with Gasteiger partial charge in [0, 0.05) is 0 Å². The maximum absolute atomic E-state index is 5.77. The number of hydrogen-bond acceptors (Lipinski definition) is 1. The van der Waals surface area contributed by atoms with Gasteiger partial charge in [-0.3, -0.25) is 0 Å². The average Bonchev–Trinajstić information content (AvgIpc) is 1.59. The molecule has 0 aliphatic heterocycles. The molecule has 0 aromatic heterocycles. The Balaban J connectivity index is 3.29. The van der Waals surface area contributed by atoms with Crippen molar-refractivity contribution in [3.8, 4) is 0 Å². The first-order valence-electron chi connectivity index (χ1n) is 3.02. The van der Waals surface area contributed by atoms with E-state index in [9.17, 15) is 0 Å². The van der Waals surface area contributed by atoms with E-state index in [1.165, 1.54) is 0 Å². The summed E-state index contributed by atoms with van der Waals surface area (Å²) in [6.45, 7) is 5.93. The lowest BCUT2D eigenvalue weighted by Gasteiger charge is -2.09. The molecule has 0 bridgehead atoms. The van der Waals surface area contributed by atoms with E-state index in [-0.39, 0.29) is 0 Å². The summed E-state index contributed by atoms with van der Waals surface area (Å²) in [7, 11) is 0. The molecule has 60 valence electrons. The first-order valence-corrected chi connectivity index (χ1v) is 7.75. The summed E-state index contributed by atoms with van der Waals surface area (Å²) in [6, 6.07) is 0. The molecule has 0 rings (SSSR count). The molecular weight excluding hydrogens is 187 g/mol. The van der Waals surface area contributed by atoms with Gasteiger partial charge in [0.15, 0.2) is 0 Å². The molecule has 1 nitrogen and oxygen atoms in total. The molecule has 0 fully saturated rings. The minimum Gasteiger partial charge on any atom is -0.378 e. The summed E-state index contributed by atoms with van der Waals surface area (Å²) < 4.78 is 5.16. The topological polar surface area (TPSA) is 9.23 Å². The maximum Gasteiger partial charge on any atom is 0.273 e. The van der Waals surface area contributed by atoms with E-state index >= 15 is 0 Å². The molecule has 0 aliphatic carbocycles. The third-order valence-electron chi connectivity index (χ3n) is 0.704. The van der Waals surface area contributed by atoms with Gasteiger partial charge in [-0.25, -0.2) is 0 Å². The van der Waals surface area contributed by atoms with E-state index in [0.29, 0.717) is 12.8 Å². The normalized spacial score (nSPS) is 11.6. The van der Waals surface area contributed by atoms with Crippen LogP contribution in [0.5, 0.6) is 0 Å². The van der Waals surface area contributed by atoms with Gasteiger partial charge in [-0.2, -0.15) is 0 Å².